The van der Waals surface area contributed by atoms with Crippen LogP contribution < -0.4 is 5.56 Å². The quantitative estimate of drug-likeness (QED) is 0.835. The number of likely N-dealkylation sites (tertiary alicyclic amines) is 1. The second kappa shape index (κ2) is 6.22. The van der Waals surface area contributed by atoms with Crippen molar-refractivity contribution in [1.82, 2.24) is 24.2 Å². The Morgan fingerprint density at radius 1 is 1.29 bits per heavy atom. The summed E-state index contributed by atoms with van der Waals surface area (Å²) < 4.78 is 3.84. The number of piperidine rings is 1. The highest BCUT2D eigenvalue weighted by molar-refractivity contribution is 5.76. The Morgan fingerprint density at radius 3 is 3.04 bits per heavy atom. The summed E-state index contributed by atoms with van der Waals surface area (Å²) in [5.41, 5.74) is 0.900. The molecule has 0 radical (unpaired) electrons. The molecule has 1 atom stereocenters. The monoisotopic (exact) mass is 327 g/mol. The predicted molar refractivity (Wildman–Crippen MR) is 87.6 cm³/mol. The molecular weight excluding hydrogens is 306 g/mol. The molecule has 24 heavy (non-hydrogen) atoms. The van der Waals surface area contributed by atoms with Crippen molar-refractivity contribution >= 4 is 5.91 Å². The number of hydrogen-bond donors (Lipinski definition) is 0. The Labute approximate surface area is 139 Å². The van der Waals surface area contributed by atoms with Crippen LogP contribution in [0.15, 0.2) is 29.3 Å². The topological polar surface area (TPSA) is 73.0 Å². The number of carbonyl (C=O) groups is 1. The standard InChI is InChI=1S/C17H21N5O2/c23-16-10-14(22-9-2-5-15(22)19-16)13-4-1-7-20(11-13)17(24)12-21-8-3-6-18-21/h3,6,8,10,13H,1-2,4-5,7,9,11-12H2. The van der Waals surface area contributed by atoms with Gasteiger partial charge < -0.3 is 9.47 Å². The third-order valence-corrected chi connectivity index (χ3v) is 4.96. The number of hydrogen-bond acceptors (Lipinski definition) is 4. The van der Waals surface area contributed by atoms with E-state index in [0.717, 1.165) is 50.3 Å². The highest BCUT2D eigenvalue weighted by atomic mass is 16.2. The van der Waals surface area contributed by atoms with Gasteiger partial charge in [0.15, 0.2) is 0 Å². The number of aromatic nitrogens is 4. The zero-order valence-electron chi connectivity index (χ0n) is 13.6. The summed E-state index contributed by atoms with van der Waals surface area (Å²) in [4.78, 5) is 30.5. The number of rotatable bonds is 3. The van der Waals surface area contributed by atoms with Gasteiger partial charge in [0.1, 0.15) is 12.4 Å². The van der Waals surface area contributed by atoms with Crippen molar-refractivity contribution in [1.29, 1.82) is 0 Å². The molecule has 126 valence electrons. The highest BCUT2D eigenvalue weighted by Gasteiger charge is 2.28. The lowest BCUT2D eigenvalue weighted by Crippen LogP contribution is -2.41. The van der Waals surface area contributed by atoms with Crippen LogP contribution in [-0.2, 0) is 24.3 Å². The molecular formula is C17H21N5O2. The largest absolute Gasteiger partial charge is 0.340 e. The average molecular weight is 327 g/mol. The molecule has 1 amide bonds. The molecule has 1 fully saturated rings. The van der Waals surface area contributed by atoms with Crippen molar-refractivity contribution in [2.24, 2.45) is 0 Å². The third-order valence-electron chi connectivity index (χ3n) is 4.96. The maximum absolute atomic E-state index is 12.5. The summed E-state index contributed by atoms with van der Waals surface area (Å²) >= 11 is 0. The maximum Gasteiger partial charge on any atom is 0.273 e. The summed E-state index contributed by atoms with van der Waals surface area (Å²) in [6.07, 6.45) is 7.36. The van der Waals surface area contributed by atoms with E-state index in [2.05, 4.69) is 14.6 Å². The van der Waals surface area contributed by atoms with Gasteiger partial charge in [-0.3, -0.25) is 14.3 Å². The van der Waals surface area contributed by atoms with E-state index < -0.39 is 0 Å². The molecule has 7 heteroatoms. The number of amides is 1. The van der Waals surface area contributed by atoms with Crippen molar-refractivity contribution in [2.45, 2.75) is 44.7 Å². The van der Waals surface area contributed by atoms with Crippen LogP contribution in [0.2, 0.25) is 0 Å². The van der Waals surface area contributed by atoms with Crippen LogP contribution in [0.25, 0.3) is 0 Å². The predicted octanol–water partition coefficient (Wildman–Crippen LogP) is 0.792. The Bertz CT molecular complexity index is 796. The smallest absolute Gasteiger partial charge is 0.273 e. The Balaban J connectivity index is 1.53. The fourth-order valence-electron chi connectivity index (χ4n) is 3.83. The molecule has 4 rings (SSSR count). The van der Waals surface area contributed by atoms with Gasteiger partial charge in [-0.1, -0.05) is 0 Å². The van der Waals surface area contributed by atoms with Crippen LogP contribution in [0, 0.1) is 0 Å². The lowest BCUT2D eigenvalue weighted by Gasteiger charge is -2.34. The Morgan fingerprint density at radius 2 is 2.21 bits per heavy atom. The molecule has 4 heterocycles. The van der Waals surface area contributed by atoms with Crippen LogP contribution >= 0.6 is 0 Å². The molecule has 2 aromatic heterocycles. The van der Waals surface area contributed by atoms with Gasteiger partial charge in [0, 0.05) is 56.1 Å². The highest BCUT2D eigenvalue weighted by Crippen LogP contribution is 2.28. The maximum atomic E-state index is 12.5. The first-order valence-electron chi connectivity index (χ1n) is 8.56. The van der Waals surface area contributed by atoms with Crippen molar-refractivity contribution < 1.29 is 4.79 Å². The molecule has 0 aromatic carbocycles. The van der Waals surface area contributed by atoms with Crippen molar-refractivity contribution in [3.63, 3.8) is 0 Å². The SMILES string of the molecule is O=C(Cn1cccn1)N1CCCC(c2cc(=O)nc3n2CCC3)C1. The van der Waals surface area contributed by atoms with Gasteiger partial charge >= 0.3 is 0 Å². The fourth-order valence-corrected chi connectivity index (χ4v) is 3.83. The van der Waals surface area contributed by atoms with E-state index in [0.29, 0.717) is 6.54 Å². The van der Waals surface area contributed by atoms with Gasteiger partial charge in [0.2, 0.25) is 5.91 Å². The third kappa shape index (κ3) is 2.86. The van der Waals surface area contributed by atoms with Crippen LogP contribution in [0.5, 0.6) is 0 Å². The zero-order chi connectivity index (χ0) is 16.5. The molecule has 0 bridgehead atoms. The molecule has 0 N–H and O–H groups in total. The van der Waals surface area contributed by atoms with Crippen LogP contribution in [0.4, 0.5) is 0 Å². The lowest BCUT2D eigenvalue weighted by atomic mass is 9.94. The minimum Gasteiger partial charge on any atom is -0.340 e. The van der Waals surface area contributed by atoms with Crippen LogP contribution in [0.3, 0.4) is 0 Å². The summed E-state index contributed by atoms with van der Waals surface area (Å²) in [6, 6.07) is 3.49. The number of nitrogens with zero attached hydrogens (tertiary/aromatic N) is 5. The molecule has 0 spiro atoms. The Hall–Kier alpha value is -2.44. The first-order chi connectivity index (χ1) is 11.7. The van der Waals surface area contributed by atoms with Gasteiger partial charge in [-0.25, -0.2) is 0 Å². The molecule has 2 aliphatic rings. The van der Waals surface area contributed by atoms with Gasteiger partial charge in [-0.2, -0.15) is 10.1 Å². The van der Waals surface area contributed by atoms with Gasteiger partial charge in [0.05, 0.1) is 0 Å². The minimum atomic E-state index is -0.154. The zero-order valence-corrected chi connectivity index (χ0v) is 13.6. The van der Waals surface area contributed by atoms with Gasteiger partial charge in [-0.15, -0.1) is 0 Å². The summed E-state index contributed by atoms with van der Waals surface area (Å²) in [7, 11) is 0. The number of aryl methyl sites for hydroxylation is 1. The molecule has 0 aliphatic carbocycles. The van der Waals surface area contributed by atoms with E-state index >= 15 is 0 Å². The second-order valence-electron chi connectivity index (χ2n) is 6.57. The van der Waals surface area contributed by atoms with E-state index in [-0.39, 0.29) is 23.9 Å². The van der Waals surface area contributed by atoms with E-state index in [4.69, 9.17) is 0 Å². The van der Waals surface area contributed by atoms with Crippen LogP contribution in [-0.4, -0.2) is 43.2 Å². The van der Waals surface area contributed by atoms with E-state index in [1.54, 1.807) is 23.1 Å². The van der Waals surface area contributed by atoms with Crippen molar-refractivity contribution in [2.75, 3.05) is 13.1 Å². The van der Waals surface area contributed by atoms with Crippen molar-refractivity contribution in [3.05, 3.63) is 46.4 Å². The second-order valence-corrected chi connectivity index (χ2v) is 6.57. The van der Waals surface area contributed by atoms with Crippen LogP contribution in [0.1, 0.15) is 36.7 Å². The first kappa shape index (κ1) is 15.1. The summed E-state index contributed by atoms with van der Waals surface area (Å²) in [6.45, 7) is 2.64. The van der Waals surface area contributed by atoms with E-state index in [9.17, 15) is 9.59 Å². The first-order valence-corrected chi connectivity index (χ1v) is 8.56. The van der Waals surface area contributed by atoms with Crippen molar-refractivity contribution in [3.8, 4) is 0 Å². The number of fused-ring (bicyclic) bond motifs is 1. The normalized spacial score (nSPS) is 20.2. The summed E-state index contributed by atoms with van der Waals surface area (Å²) in [5.74, 6) is 1.20. The lowest BCUT2D eigenvalue weighted by molar-refractivity contribution is -0.133. The fraction of sp³-hybridized carbons (Fsp3) is 0.529. The van der Waals surface area contributed by atoms with E-state index in [1.165, 1.54) is 0 Å². The molecule has 0 saturated carbocycles. The summed E-state index contributed by atoms with van der Waals surface area (Å²) in [5, 5.41) is 4.10. The van der Waals surface area contributed by atoms with Gasteiger partial charge in [0.25, 0.3) is 5.56 Å². The molecule has 1 unspecified atom stereocenters. The molecule has 2 aliphatic heterocycles. The number of carbonyl (C=O) groups excluding carboxylic acids is 1. The average Bonchev–Trinajstić information content (AvgIpc) is 3.25. The molecule has 1 saturated heterocycles. The van der Waals surface area contributed by atoms with Gasteiger partial charge in [-0.05, 0) is 25.3 Å². The Kier molecular flexibility index (Phi) is 3.92. The molecule has 7 nitrogen and oxygen atoms in total. The minimum absolute atomic E-state index is 0.0847. The molecule has 2 aromatic rings. The van der Waals surface area contributed by atoms with E-state index in [1.807, 2.05) is 11.0 Å².